The maximum atomic E-state index is 9.45. The van der Waals surface area contributed by atoms with Gasteiger partial charge in [0.15, 0.2) is 0 Å². The number of hydrogen-bond donors (Lipinski definition) is 2. The lowest BCUT2D eigenvalue weighted by molar-refractivity contribution is 0.177. The minimum Gasteiger partial charge on any atom is -0.394 e. The molecule has 82 valence electrons. The molecule has 1 aliphatic rings. The fourth-order valence-electron chi connectivity index (χ4n) is 2.25. The highest BCUT2D eigenvalue weighted by atomic mass is 35.5. The fourth-order valence-corrected chi connectivity index (χ4v) is 2.46. The Morgan fingerprint density at radius 1 is 1.47 bits per heavy atom. The first kappa shape index (κ1) is 10.9. The van der Waals surface area contributed by atoms with E-state index in [1.807, 2.05) is 18.2 Å². The monoisotopic (exact) mass is 225 g/mol. The van der Waals surface area contributed by atoms with E-state index in [-0.39, 0.29) is 12.1 Å². The Hall–Kier alpha value is -0.570. The van der Waals surface area contributed by atoms with Crippen LogP contribution in [0.15, 0.2) is 24.3 Å². The number of halogens is 1. The zero-order valence-corrected chi connectivity index (χ0v) is 9.43. The van der Waals surface area contributed by atoms with E-state index in [4.69, 9.17) is 11.6 Å². The highest BCUT2D eigenvalue weighted by Gasteiger charge is 2.32. The molecule has 1 aliphatic heterocycles. The van der Waals surface area contributed by atoms with Gasteiger partial charge in [0.1, 0.15) is 0 Å². The van der Waals surface area contributed by atoms with Crippen LogP contribution in [0.3, 0.4) is 0 Å². The van der Waals surface area contributed by atoms with E-state index in [0.29, 0.717) is 0 Å². The molecule has 2 nitrogen and oxygen atoms in total. The molecule has 15 heavy (non-hydrogen) atoms. The molecule has 0 amide bonds. The molecule has 0 radical (unpaired) electrons. The lowest BCUT2D eigenvalue weighted by atomic mass is 9.90. The Morgan fingerprint density at radius 2 is 2.33 bits per heavy atom. The van der Waals surface area contributed by atoms with Gasteiger partial charge in [-0.15, -0.1) is 0 Å². The molecule has 0 bridgehead atoms. The lowest BCUT2D eigenvalue weighted by Gasteiger charge is -2.27. The molecule has 1 aromatic carbocycles. The summed E-state index contributed by atoms with van der Waals surface area (Å²) < 4.78 is 0. The molecule has 1 heterocycles. The fraction of sp³-hybridized carbons (Fsp3) is 0.500. The van der Waals surface area contributed by atoms with Crippen molar-refractivity contribution in [1.82, 2.24) is 5.32 Å². The van der Waals surface area contributed by atoms with Crippen LogP contribution in [0.25, 0.3) is 0 Å². The second-order valence-electron chi connectivity index (χ2n) is 4.28. The van der Waals surface area contributed by atoms with Crippen LogP contribution in [0.5, 0.6) is 0 Å². The Morgan fingerprint density at radius 3 is 2.93 bits per heavy atom. The number of benzene rings is 1. The normalized spacial score (nSPS) is 25.7. The molecule has 1 atom stereocenters. The summed E-state index contributed by atoms with van der Waals surface area (Å²) in [5.74, 6) is 0. The van der Waals surface area contributed by atoms with Crippen molar-refractivity contribution in [3.8, 4) is 0 Å². The van der Waals surface area contributed by atoms with Crippen LogP contribution in [0.2, 0.25) is 5.02 Å². The molecule has 1 unspecified atom stereocenters. The van der Waals surface area contributed by atoms with Crippen LogP contribution >= 0.6 is 11.6 Å². The molecule has 0 saturated carbocycles. The maximum absolute atomic E-state index is 9.45. The predicted octanol–water partition coefficient (Wildman–Crippen LogP) is 2.00. The van der Waals surface area contributed by atoms with Gasteiger partial charge in [-0.2, -0.15) is 0 Å². The average molecular weight is 226 g/mol. The molecule has 1 aromatic rings. The van der Waals surface area contributed by atoms with Gasteiger partial charge in [-0.05, 0) is 43.5 Å². The van der Waals surface area contributed by atoms with Gasteiger partial charge < -0.3 is 10.4 Å². The van der Waals surface area contributed by atoms with Gasteiger partial charge in [0, 0.05) is 10.6 Å². The number of nitrogens with one attached hydrogen (secondary N) is 1. The highest BCUT2D eigenvalue weighted by molar-refractivity contribution is 6.30. The van der Waals surface area contributed by atoms with E-state index in [1.165, 1.54) is 5.56 Å². The van der Waals surface area contributed by atoms with Gasteiger partial charge >= 0.3 is 0 Å². The van der Waals surface area contributed by atoms with E-state index >= 15 is 0 Å². The van der Waals surface area contributed by atoms with Gasteiger partial charge in [-0.1, -0.05) is 23.7 Å². The Balaban J connectivity index is 2.12. The van der Waals surface area contributed by atoms with Crippen molar-refractivity contribution in [2.75, 3.05) is 13.2 Å². The molecule has 0 aliphatic carbocycles. The van der Waals surface area contributed by atoms with E-state index < -0.39 is 0 Å². The molecule has 3 heteroatoms. The highest BCUT2D eigenvalue weighted by Crippen LogP contribution is 2.24. The van der Waals surface area contributed by atoms with Crippen molar-refractivity contribution in [1.29, 1.82) is 0 Å². The first-order chi connectivity index (χ1) is 7.24. The van der Waals surface area contributed by atoms with E-state index in [1.54, 1.807) is 0 Å². The number of aliphatic hydroxyl groups excluding tert-OH is 1. The molecule has 2 N–H and O–H groups in total. The van der Waals surface area contributed by atoms with Crippen molar-refractivity contribution in [3.63, 3.8) is 0 Å². The summed E-state index contributed by atoms with van der Waals surface area (Å²) in [5, 5.41) is 13.6. The summed E-state index contributed by atoms with van der Waals surface area (Å²) in [6.45, 7) is 1.20. The van der Waals surface area contributed by atoms with Gasteiger partial charge in [-0.3, -0.25) is 0 Å². The minimum atomic E-state index is -0.120. The molecule has 0 aromatic heterocycles. The van der Waals surface area contributed by atoms with Gasteiger partial charge in [0.2, 0.25) is 0 Å². The van der Waals surface area contributed by atoms with Crippen LogP contribution in [0.1, 0.15) is 18.4 Å². The first-order valence-electron chi connectivity index (χ1n) is 5.34. The van der Waals surface area contributed by atoms with Crippen LogP contribution in [0, 0.1) is 0 Å². The third-order valence-corrected chi connectivity index (χ3v) is 3.30. The second-order valence-corrected chi connectivity index (χ2v) is 4.71. The van der Waals surface area contributed by atoms with Crippen molar-refractivity contribution >= 4 is 11.6 Å². The Labute approximate surface area is 95.3 Å². The summed E-state index contributed by atoms with van der Waals surface area (Å²) in [4.78, 5) is 0. The third kappa shape index (κ3) is 2.51. The zero-order chi connectivity index (χ0) is 10.7. The van der Waals surface area contributed by atoms with Crippen molar-refractivity contribution in [2.45, 2.75) is 24.8 Å². The predicted molar refractivity (Wildman–Crippen MR) is 62.2 cm³/mol. The number of aliphatic hydroxyl groups is 1. The standard InChI is InChI=1S/C12H16ClNO/c13-11-4-1-3-10(7-11)8-12(9-15)5-2-6-14-12/h1,3-4,7,14-15H,2,5-6,8-9H2. The van der Waals surface area contributed by atoms with E-state index in [2.05, 4.69) is 11.4 Å². The van der Waals surface area contributed by atoms with E-state index in [0.717, 1.165) is 30.8 Å². The van der Waals surface area contributed by atoms with Gasteiger partial charge in [0.05, 0.1) is 6.61 Å². The summed E-state index contributed by atoms with van der Waals surface area (Å²) in [6.07, 6.45) is 3.03. The third-order valence-electron chi connectivity index (χ3n) is 3.07. The van der Waals surface area contributed by atoms with E-state index in [9.17, 15) is 5.11 Å². The summed E-state index contributed by atoms with van der Waals surface area (Å²) in [6, 6.07) is 7.86. The van der Waals surface area contributed by atoms with Crippen LogP contribution in [0.4, 0.5) is 0 Å². The van der Waals surface area contributed by atoms with Crippen LogP contribution < -0.4 is 5.32 Å². The first-order valence-corrected chi connectivity index (χ1v) is 5.72. The molecular formula is C12H16ClNO. The van der Waals surface area contributed by atoms with Crippen LogP contribution in [-0.4, -0.2) is 23.8 Å². The Kier molecular flexibility index (Phi) is 3.29. The zero-order valence-electron chi connectivity index (χ0n) is 8.67. The summed E-state index contributed by atoms with van der Waals surface area (Å²) in [5.41, 5.74) is 1.07. The largest absolute Gasteiger partial charge is 0.394 e. The minimum absolute atomic E-state index is 0.120. The second kappa shape index (κ2) is 4.52. The maximum Gasteiger partial charge on any atom is 0.0616 e. The smallest absolute Gasteiger partial charge is 0.0616 e. The molecular weight excluding hydrogens is 210 g/mol. The number of rotatable bonds is 3. The lowest BCUT2D eigenvalue weighted by Crippen LogP contribution is -2.45. The SMILES string of the molecule is OCC1(Cc2cccc(Cl)c2)CCCN1. The van der Waals surface area contributed by atoms with Gasteiger partial charge in [0.25, 0.3) is 0 Å². The quantitative estimate of drug-likeness (QED) is 0.825. The topological polar surface area (TPSA) is 32.3 Å². The van der Waals surface area contributed by atoms with Crippen molar-refractivity contribution in [2.24, 2.45) is 0 Å². The van der Waals surface area contributed by atoms with Crippen LogP contribution in [-0.2, 0) is 6.42 Å². The van der Waals surface area contributed by atoms with Gasteiger partial charge in [-0.25, -0.2) is 0 Å². The average Bonchev–Trinajstić information content (AvgIpc) is 2.67. The molecule has 1 fully saturated rings. The number of hydrogen-bond acceptors (Lipinski definition) is 2. The van der Waals surface area contributed by atoms with Crippen molar-refractivity contribution in [3.05, 3.63) is 34.9 Å². The molecule has 2 rings (SSSR count). The summed E-state index contributed by atoms with van der Waals surface area (Å²) in [7, 11) is 0. The van der Waals surface area contributed by atoms with Crippen molar-refractivity contribution < 1.29 is 5.11 Å². The summed E-state index contributed by atoms with van der Waals surface area (Å²) >= 11 is 5.94. The molecule has 0 spiro atoms. The Bertz CT molecular complexity index is 334. The molecule has 1 saturated heterocycles.